The molecule has 0 saturated heterocycles. The molecule has 0 aliphatic rings. The Morgan fingerprint density at radius 2 is 2.00 bits per heavy atom. The maximum atomic E-state index is 13.1. The zero-order chi connectivity index (χ0) is 14.7. The summed E-state index contributed by atoms with van der Waals surface area (Å²) >= 11 is 3.21. The molecule has 0 radical (unpaired) electrons. The highest BCUT2D eigenvalue weighted by atomic mass is 79.9. The fourth-order valence-electron chi connectivity index (χ4n) is 1.57. The van der Waals surface area contributed by atoms with Gasteiger partial charge in [-0.2, -0.15) is 0 Å². The normalized spacial score (nSPS) is 10.3. The molecule has 0 unspecified atom stereocenters. The Kier molecular flexibility index (Phi) is 4.31. The van der Waals surface area contributed by atoms with Crippen molar-refractivity contribution in [3.8, 4) is 11.5 Å². The van der Waals surface area contributed by atoms with Gasteiger partial charge in [0.05, 0.1) is 22.1 Å². The molecule has 20 heavy (non-hydrogen) atoms. The van der Waals surface area contributed by atoms with Crippen LogP contribution in [0.1, 0.15) is 5.56 Å². The molecule has 0 atom stereocenters. The third-order valence-electron chi connectivity index (χ3n) is 2.54. The summed E-state index contributed by atoms with van der Waals surface area (Å²) < 4.78 is 19.1. The lowest BCUT2D eigenvalue weighted by atomic mass is 10.2. The molecule has 0 bridgehead atoms. The van der Waals surface area contributed by atoms with E-state index in [-0.39, 0.29) is 22.7 Å². The number of non-ortho nitro benzene ring substituents is 1. The van der Waals surface area contributed by atoms with E-state index in [4.69, 9.17) is 9.84 Å². The van der Waals surface area contributed by atoms with Gasteiger partial charge in [0.25, 0.3) is 5.69 Å². The molecule has 0 fully saturated rings. The second-order valence-electron chi connectivity index (χ2n) is 3.88. The Morgan fingerprint density at radius 1 is 1.25 bits per heavy atom. The summed E-state index contributed by atoms with van der Waals surface area (Å²) in [6, 6.07) is 7.73. The van der Waals surface area contributed by atoms with Gasteiger partial charge in [-0.3, -0.25) is 10.1 Å². The highest BCUT2D eigenvalue weighted by Crippen LogP contribution is 2.34. The molecule has 2 aromatic carbocycles. The first-order valence-electron chi connectivity index (χ1n) is 5.52. The lowest BCUT2D eigenvalue weighted by Gasteiger charge is -2.11. The maximum Gasteiger partial charge on any atom is 0.273 e. The molecule has 0 spiro atoms. The van der Waals surface area contributed by atoms with Gasteiger partial charge >= 0.3 is 0 Å². The number of benzene rings is 2. The van der Waals surface area contributed by atoms with E-state index in [9.17, 15) is 14.5 Å². The smallest absolute Gasteiger partial charge is 0.273 e. The van der Waals surface area contributed by atoms with Crippen LogP contribution < -0.4 is 4.74 Å². The number of hydrogen-bond acceptors (Lipinski definition) is 4. The average molecular weight is 342 g/mol. The van der Waals surface area contributed by atoms with Crippen molar-refractivity contribution in [2.45, 2.75) is 6.61 Å². The minimum Gasteiger partial charge on any atom is -0.456 e. The average Bonchev–Trinajstić information content (AvgIpc) is 2.42. The summed E-state index contributed by atoms with van der Waals surface area (Å²) in [4.78, 5) is 10.2. The fraction of sp³-hybridized carbons (Fsp3) is 0.0769. The topological polar surface area (TPSA) is 72.6 Å². The maximum absolute atomic E-state index is 13.1. The van der Waals surface area contributed by atoms with Crippen LogP contribution in [0.2, 0.25) is 0 Å². The molecule has 7 heteroatoms. The van der Waals surface area contributed by atoms with E-state index in [1.165, 1.54) is 30.3 Å². The standard InChI is InChI=1S/C13H9BrFNO4/c14-11-3-2-10(16(18)19)6-13(11)20-12-4-1-9(15)5-8(12)7-17/h1-6,17H,7H2. The lowest BCUT2D eigenvalue weighted by molar-refractivity contribution is -0.384. The van der Waals surface area contributed by atoms with Crippen molar-refractivity contribution in [1.29, 1.82) is 0 Å². The Labute approximate surface area is 121 Å². The summed E-state index contributed by atoms with van der Waals surface area (Å²) in [5.74, 6) is -0.0601. The Balaban J connectivity index is 2.39. The molecular formula is C13H9BrFNO4. The van der Waals surface area contributed by atoms with Crippen molar-refractivity contribution < 1.29 is 19.2 Å². The summed E-state index contributed by atoms with van der Waals surface area (Å²) in [6.45, 7) is -0.403. The van der Waals surface area contributed by atoms with Gasteiger partial charge in [-0.25, -0.2) is 4.39 Å². The van der Waals surface area contributed by atoms with Crippen LogP contribution in [0.25, 0.3) is 0 Å². The third-order valence-corrected chi connectivity index (χ3v) is 3.19. The minimum atomic E-state index is -0.545. The number of nitrogens with zero attached hydrogens (tertiary/aromatic N) is 1. The summed E-state index contributed by atoms with van der Waals surface area (Å²) in [5, 5.41) is 19.9. The van der Waals surface area contributed by atoms with Crippen LogP contribution in [0.3, 0.4) is 0 Å². The van der Waals surface area contributed by atoms with Crippen LogP contribution in [0.15, 0.2) is 40.9 Å². The zero-order valence-electron chi connectivity index (χ0n) is 10.0. The van der Waals surface area contributed by atoms with Crippen LogP contribution in [0, 0.1) is 15.9 Å². The van der Waals surface area contributed by atoms with Crippen molar-refractivity contribution in [1.82, 2.24) is 0 Å². The molecular weight excluding hydrogens is 333 g/mol. The lowest BCUT2D eigenvalue weighted by Crippen LogP contribution is -1.95. The summed E-state index contributed by atoms with van der Waals surface area (Å²) in [5.41, 5.74) is 0.124. The number of aliphatic hydroxyl groups is 1. The minimum absolute atomic E-state index is 0.129. The molecule has 104 valence electrons. The van der Waals surface area contributed by atoms with Crippen molar-refractivity contribution in [2.24, 2.45) is 0 Å². The quantitative estimate of drug-likeness (QED) is 0.678. The van der Waals surface area contributed by atoms with E-state index in [1.54, 1.807) is 0 Å². The molecule has 0 aromatic heterocycles. The number of rotatable bonds is 4. The molecule has 0 heterocycles. The van der Waals surface area contributed by atoms with Gasteiger partial charge in [0.2, 0.25) is 0 Å². The van der Waals surface area contributed by atoms with Gasteiger partial charge < -0.3 is 9.84 Å². The summed E-state index contributed by atoms with van der Waals surface area (Å²) in [6.07, 6.45) is 0. The highest BCUT2D eigenvalue weighted by molar-refractivity contribution is 9.10. The molecule has 0 aliphatic heterocycles. The van der Waals surface area contributed by atoms with E-state index in [2.05, 4.69) is 15.9 Å². The first-order chi connectivity index (χ1) is 9.51. The van der Waals surface area contributed by atoms with Gasteiger partial charge in [-0.05, 0) is 40.2 Å². The molecule has 0 saturated carbocycles. The first kappa shape index (κ1) is 14.4. The van der Waals surface area contributed by atoms with E-state index in [0.29, 0.717) is 4.47 Å². The molecule has 1 N–H and O–H groups in total. The van der Waals surface area contributed by atoms with E-state index in [1.807, 2.05) is 0 Å². The number of hydrogen-bond donors (Lipinski definition) is 1. The SMILES string of the molecule is O=[N+]([O-])c1ccc(Br)c(Oc2ccc(F)cc2CO)c1. The third kappa shape index (κ3) is 3.12. The van der Waals surface area contributed by atoms with Crippen molar-refractivity contribution in [2.75, 3.05) is 0 Å². The van der Waals surface area contributed by atoms with E-state index >= 15 is 0 Å². The van der Waals surface area contributed by atoms with E-state index < -0.39 is 17.3 Å². The highest BCUT2D eigenvalue weighted by Gasteiger charge is 2.13. The van der Waals surface area contributed by atoms with Gasteiger partial charge in [0.15, 0.2) is 0 Å². The fourth-order valence-corrected chi connectivity index (χ4v) is 1.90. The number of nitro benzene ring substituents is 1. The van der Waals surface area contributed by atoms with Crippen molar-refractivity contribution >= 4 is 21.6 Å². The van der Waals surface area contributed by atoms with Crippen molar-refractivity contribution in [3.63, 3.8) is 0 Å². The van der Waals surface area contributed by atoms with Gasteiger partial charge in [0, 0.05) is 11.6 Å². The van der Waals surface area contributed by atoms with Gasteiger partial charge in [0.1, 0.15) is 17.3 Å². The number of aliphatic hydroxyl groups excluding tert-OH is 1. The number of ether oxygens (including phenoxy) is 1. The molecule has 0 amide bonds. The Hall–Kier alpha value is -1.99. The van der Waals surface area contributed by atoms with Crippen LogP contribution >= 0.6 is 15.9 Å². The number of halogens is 2. The van der Waals surface area contributed by atoms with Crippen molar-refractivity contribution in [3.05, 3.63) is 62.4 Å². The molecule has 2 rings (SSSR count). The van der Waals surface area contributed by atoms with Crippen LogP contribution in [0.5, 0.6) is 11.5 Å². The predicted octanol–water partition coefficient (Wildman–Crippen LogP) is 3.78. The second-order valence-corrected chi connectivity index (χ2v) is 4.74. The molecule has 0 aliphatic carbocycles. The van der Waals surface area contributed by atoms with Gasteiger partial charge in [-0.15, -0.1) is 0 Å². The Morgan fingerprint density at radius 3 is 2.65 bits per heavy atom. The zero-order valence-corrected chi connectivity index (χ0v) is 11.6. The first-order valence-corrected chi connectivity index (χ1v) is 6.31. The predicted molar refractivity (Wildman–Crippen MR) is 73.2 cm³/mol. The van der Waals surface area contributed by atoms with Crippen LogP contribution in [0.4, 0.5) is 10.1 Å². The summed E-state index contributed by atoms with van der Waals surface area (Å²) in [7, 11) is 0. The number of nitro groups is 1. The van der Waals surface area contributed by atoms with E-state index in [0.717, 1.165) is 6.07 Å². The molecule has 5 nitrogen and oxygen atoms in total. The van der Waals surface area contributed by atoms with Crippen LogP contribution in [-0.2, 0) is 6.61 Å². The molecule has 2 aromatic rings. The second kappa shape index (κ2) is 5.98. The largest absolute Gasteiger partial charge is 0.456 e. The van der Waals surface area contributed by atoms with Gasteiger partial charge in [-0.1, -0.05) is 0 Å². The Bertz CT molecular complexity index is 663. The monoisotopic (exact) mass is 341 g/mol. The van der Waals surface area contributed by atoms with Crippen LogP contribution in [-0.4, -0.2) is 10.0 Å².